The lowest BCUT2D eigenvalue weighted by Gasteiger charge is -2.11. The van der Waals surface area contributed by atoms with Crippen LogP contribution >= 0.6 is 0 Å². The third-order valence-electron chi connectivity index (χ3n) is 3.11. The fourth-order valence-electron chi connectivity index (χ4n) is 1.92. The van der Waals surface area contributed by atoms with Gasteiger partial charge in [0.1, 0.15) is 0 Å². The van der Waals surface area contributed by atoms with Crippen LogP contribution in [0.2, 0.25) is 0 Å². The smallest absolute Gasteiger partial charge is 0.253 e. The zero-order chi connectivity index (χ0) is 14.4. The normalized spacial score (nSPS) is 10.3. The first-order chi connectivity index (χ1) is 9.72. The predicted molar refractivity (Wildman–Crippen MR) is 79.7 cm³/mol. The van der Waals surface area contributed by atoms with Crippen molar-refractivity contribution in [1.82, 2.24) is 15.5 Å². The van der Waals surface area contributed by atoms with Gasteiger partial charge in [0, 0.05) is 30.0 Å². The molecule has 5 heteroatoms. The number of nitrogens with zero attached hydrogens (tertiary/aromatic N) is 1. The first-order valence-electron chi connectivity index (χ1n) is 6.82. The molecule has 5 nitrogen and oxygen atoms in total. The lowest BCUT2D eigenvalue weighted by molar-refractivity contribution is 0.0951. The molecule has 1 aromatic heterocycles. The molecule has 1 amide bonds. The van der Waals surface area contributed by atoms with Gasteiger partial charge in [-0.25, -0.2) is 0 Å². The molecule has 2 rings (SSSR count). The van der Waals surface area contributed by atoms with Gasteiger partial charge in [-0.15, -0.1) is 0 Å². The third-order valence-corrected chi connectivity index (χ3v) is 3.11. The molecule has 0 saturated heterocycles. The van der Waals surface area contributed by atoms with Crippen LogP contribution in [0.25, 0.3) is 0 Å². The summed E-state index contributed by atoms with van der Waals surface area (Å²) in [7, 11) is 0. The highest BCUT2D eigenvalue weighted by Crippen LogP contribution is 2.15. The lowest BCUT2D eigenvalue weighted by Crippen LogP contribution is -2.24. The van der Waals surface area contributed by atoms with Crippen LogP contribution in [0.15, 0.2) is 30.5 Å². The van der Waals surface area contributed by atoms with Gasteiger partial charge in [0.05, 0.1) is 11.8 Å². The summed E-state index contributed by atoms with van der Waals surface area (Å²) in [5, 5.41) is 13.0. The van der Waals surface area contributed by atoms with Crippen molar-refractivity contribution in [2.45, 2.75) is 26.8 Å². The quantitative estimate of drug-likeness (QED) is 0.756. The Hall–Kier alpha value is -2.30. The van der Waals surface area contributed by atoms with Gasteiger partial charge in [0.25, 0.3) is 5.91 Å². The van der Waals surface area contributed by atoms with Gasteiger partial charge >= 0.3 is 0 Å². The molecule has 0 aliphatic rings. The van der Waals surface area contributed by atoms with Crippen molar-refractivity contribution in [3.63, 3.8) is 0 Å². The number of aryl methyl sites for hydroxylation is 1. The van der Waals surface area contributed by atoms with Crippen molar-refractivity contribution >= 4 is 11.6 Å². The number of benzene rings is 1. The van der Waals surface area contributed by atoms with E-state index >= 15 is 0 Å². The average Bonchev–Trinajstić information content (AvgIpc) is 2.88. The standard InChI is InChI=1S/C15H20N4O/c1-3-8-16-14-7-5-4-6-13(14)15(20)17-9-12-10-18-19-11(12)2/h4-7,10,16H,3,8-9H2,1-2H3,(H,17,20)(H,18,19). The summed E-state index contributed by atoms with van der Waals surface area (Å²) in [6.45, 7) is 5.36. The van der Waals surface area contributed by atoms with E-state index in [4.69, 9.17) is 0 Å². The molecule has 0 spiro atoms. The molecule has 0 atom stereocenters. The van der Waals surface area contributed by atoms with Crippen LogP contribution in [0.1, 0.15) is 35.0 Å². The Bertz CT molecular complexity index is 577. The van der Waals surface area contributed by atoms with Crippen LogP contribution in [0, 0.1) is 6.92 Å². The Morgan fingerprint density at radius 1 is 1.35 bits per heavy atom. The Labute approximate surface area is 118 Å². The molecule has 0 fully saturated rings. The van der Waals surface area contributed by atoms with E-state index in [2.05, 4.69) is 27.8 Å². The number of hydrogen-bond acceptors (Lipinski definition) is 3. The number of anilines is 1. The molecule has 3 N–H and O–H groups in total. The predicted octanol–water partition coefficient (Wildman–Crippen LogP) is 2.47. The minimum atomic E-state index is -0.0789. The van der Waals surface area contributed by atoms with Crippen molar-refractivity contribution in [2.24, 2.45) is 0 Å². The van der Waals surface area contributed by atoms with Crippen molar-refractivity contribution < 1.29 is 4.79 Å². The summed E-state index contributed by atoms with van der Waals surface area (Å²) >= 11 is 0. The van der Waals surface area contributed by atoms with E-state index in [0.717, 1.165) is 29.9 Å². The zero-order valence-electron chi connectivity index (χ0n) is 11.9. The molecule has 0 radical (unpaired) electrons. The maximum absolute atomic E-state index is 12.3. The van der Waals surface area contributed by atoms with Gasteiger partial charge in [0.2, 0.25) is 0 Å². The molecule has 20 heavy (non-hydrogen) atoms. The highest BCUT2D eigenvalue weighted by molar-refractivity contribution is 5.99. The second-order valence-electron chi connectivity index (χ2n) is 4.68. The van der Waals surface area contributed by atoms with E-state index in [1.807, 2.05) is 31.2 Å². The van der Waals surface area contributed by atoms with Crippen LogP contribution in [0.3, 0.4) is 0 Å². The van der Waals surface area contributed by atoms with E-state index in [1.165, 1.54) is 0 Å². The number of aromatic amines is 1. The van der Waals surface area contributed by atoms with Gasteiger partial charge in [-0.2, -0.15) is 5.10 Å². The van der Waals surface area contributed by atoms with Crippen molar-refractivity contribution in [3.05, 3.63) is 47.3 Å². The number of hydrogen-bond donors (Lipinski definition) is 3. The van der Waals surface area contributed by atoms with Gasteiger partial charge in [-0.05, 0) is 25.5 Å². The fourth-order valence-corrected chi connectivity index (χ4v) is 1.92. The van der Waals surface area contributed by atoms with Gasteiger partial charge in [0.15, 0.2) is 0 Å². The first-order valence-corrected chi connectivity index (χ1v) is 6.82. The van der Waals surface area contributed by atoms with Crippen molar-refractivity contribution in [3.8, 4) is 0 Å². The number of rotatable bonds is 6. The Morgan fingerprint density at radius 3 is 2.85 bits per heavy atom. The molecule has 0 aliphatic carbocycles. The largest absolute Gasteiger partial charge is 0.384 e. The van der Waals surface area contributed by atoms with Crippen molar-refractivity contribution in [1.29, 1.82) is 0 Å². The summed E-state index contributed by atoms with van der Waals surface area (Å²) < 4.78 is 0. The number of aromatic nitrogens is 2. The van der Waals surface area contributed by atoms with Gasteiger partial charge in [-0.3, -0.25) is 9.89 Å². The minimum absolute atomic E-state index is 0.0789. The maximum Gasteiger partial charge on any atom is 0.253 e. The molecule has 0 unspecified atom stereocenters. The van der Waals surface area contributed by atoms with E-state index in [9.17, 15) is 4.79 Å². The van der Waals surface area contributed by atoms with Crippen LogP contribution in [0.4, 0.5) is 5.69 Å². The Kier molecular flexibility index (Phi) is 4.76. The van der Waals surface area contributed by atoms with Crippen LogP contribution < -0.4 is 10.6 Å². The minimum Gasteiger partial charge on any atom is -0.384 e. The van der Waals surface area contributed by atoms with E-state index in [0.29, 0.717) is 12.1 Å². The summed E-state index contributed by atoms with van der Waals surface area (Å²) in [5.74, 6) is -0.0789. The summed E-state index contributed by atoms with van der Waals surface area (Å²) in [6, 6.07) is 7.55. The van der Waals surface area contributed by atoms with Crippen LogP contribution in [0.5, 0.6) is 0 Å². The molecule has 2 aromatic rings. The van der Waals surface area contributed by atoms with Crippen LogP contribution in [-0.4, -0.2) is 22.6 Å². The zero-order valence-corrected chi connectivity index (χ0v) is 11.9. The number of para-hydroxylation sites is 1. The number of carbonyl (C=O) groups excluding carboxylic acids is 1. The van der Waals surface area contributed by atoms with Crippen LogP contribution in [-0.2, 0) is 6.54 Å². The second-order valence-corrected chi connectivity index (χ2v) is 4.68. The van der Waals surface area contributed by atoms with Gasteiger partial charge < -0.3 is 10.6 Å². The molecule has 0 saturated carbocycles. The monoisotopic (exact) mass is 272 g/mol. The summed E-state index contributed by atoms with van der Waals surface area (Å²) in [6.07, 6.45) is 2.75. The molecular weight excluding hydrogens is 252 g/mol. The number of carbonyl (C=O) groups is 1. The SMILES string of the molecule is CCCNc1ccccc1C(=O)NCc1cn[nH]c1C. The number of H-pyrrole nitrogens is 1. The summed E-state index contributed by atoms with van der Waals surface area (Å²) in [5.41, 5.74) is 3.51. The highest BCUT2D eigenvalue weighted by Gasteiger charge is 2.11. The van der Waals surface area contributed by atoms with Crippen molar-refractivity contribution in [2.75, 3.05) is 11.9 Å². The Balaban J connectivity index is 2.03. The van der Waals surface area contributed by atoms with Gasteiger partial charge in [-0.1, -0.05) is 19.1 Å². The van der Waals surface area contributed by atoms with E-state index in [-0.39, 0.29) is 5.91 Å². The molecule has 106 valence electrons. The topological polar surface area (TPSA) is 69.8 Å². The number of nitrogens with one attached hydrogen (secondary N) is 3. The molecule has 0 aliphatic heterocycles. The maximum atomic E-state index is 12.3. The second kappa shape index (κ2) is 6.75. The number of amides is 1. The lowest BCUT2D eigenvalue weighted by atomic mass is 10.1. The third kappa shape index (κ3) is 3.38. The first kappa shape index (κ1) is 14.1. The molecule has 1 aromatic carbocycles. The molecule has 1 heterocycles. The molecule has 0 bridgehead atoms. The van der Waals surface area contributed by atoms with E-state index < -0.39 is 0 Å². The highest BCUT2D eigenvalue weighted by atomic mass is 16.1. The summed E-state index contributed by atoms with van der Waals surface area (Å²) in [4.78, 5) is 12.3. The Morgan fingerprint density at radius 2 is 2.15 bits per heavy atom. The molecular formula is C15H20N4O. The van der Waals surface area contributed by atoms with E-state index in [1.54, 1.807) is 6.20 Å². The fraction of sp³-hybridized carbons (Fsp3) is 0.333. The average molecular weight is 272 g/mol.